The molecule has 0 bridgehead atoms. The van der Waals surface area contributed by atoms with E-state index in [2.05, 4.69) is 10.1 Å². The molecule has 1 amide bonds. The number of carbonyl (C=O) groups excluding carboxylic acids is 2. The van der Waals surface area contributed by atoms with Gasteiger partial charge in [-0.15, -0.1) is 0 Å². The highest BCUT2D eigenvalue weighted by molar-refractivity contribution is 5.81. The molecule has 1 aliphatic rings. The lowest BCUT2D eigenvalue weighted by Gasteiger charge is -2.16. The second-order valence-corrected chi connectivity index (χ2v) is 4.56. The van der Waals surface area contributed by atoms with Crippen molar-refractivity contribution in [3.8, 4) is 0 Å². The third-order valence-electron chi connectivity index (χ3n) is 2.73. The molecule has 0 radical (unpaired) electrons. The molecule has 0 aliphatic carbocycles. The van der Waals surface area contributed by atoms with Crippen molar-refractivity contribution in [2.24, 2.45) is 0 Å². The average molecular weight is 298 g/mol. The Hall–Kier alpha value is -1.35. The zero-order valence-corrected chi connectivity index (χ0v) is 11.2. The van der Waals surface area contributed by atoms with Crippen LogP contribution in [0.1, 0.15) is 6.42 Å². The van der Waals surface area contributed by atoms with Crippen LogP contribution < -0.4 is 5.32 Å². The van der Waals surface area contributed by atoms with E-state index >= 15 is 0 Å². The van der Waals surface area contributed by atoms with Crippen molar-refractivity contribution in [2.45, 2.75) is 24.7 Å². The molecule has 9 heteroatoms. The van der Waals surface area contributed by atoms with Crippen molar-refractivity contribution < 1.29 is 32.2 Å². The minimum atomic E-state index is -4.99. The van der Waals surface area contributed by atoms with Crippen LogP contribution in [0.15, 0.2) is 0 Å². The third kappa shape index (κ3) is 4.97. The van der Waals surface area contributed by atoms with Gasteiger partial charge in [-0.3, -0.25) is 4.79 Å². The summed E-state index contributed by atoms with van der Waals surface area (Å²) in [7, 11) is 3.27. The summed E-state index contributed by atoms with van der Waals surface area (Å²) in [6.07, 6.45) is -4.84. The predicted molar refractivity (Wildman–Crippen MR) is 61.9 cm³/mol. The van der Waals surface area contributed by atoms with Crippen LogP contribution >= 0.6 is 0 Å². The minimum absolute atomic E-state index is 0.0837. The van der Waals surface area contributed by atoms with E-state index in [9.17, 15) is 22.8 Å². The summed E-state index contributed by atoms with van der Waals surface area (Å²) in [5.41, 5.74) is 0. The number of esters is 1. The number of ether oxygens (including phenoxy) is 2. The molecule has 1 rings (SSSR count). The SMILES string of the molecule is CN(C)C(=O)[C@@H]1C[C@@H](OCCOC(=O)C(F)(F)F)CN1. The average Bonchev–Trinajstić information content (AvgIpc) is 2.80. The number of hydrogen-bond donors (Lipinski definition) is 1. The lowest BCUT2D eigenvalue weighted by molar-refractivity contribution is -0.201. The molecule has 1 saturated heterocycles. The van der Waals surface area contributed by atoms with Gasteiger partial charge in [0.1, 0.15) is 6.61 Å². The van der Waals surface area contributed by atoms with Gasteiger partial charge < -0.3 is 19.7 Å². The lowest BCUT2D eigenvalue weighted by atomic mass is 10.2. The Balaban J connectivity index is 2.19. The Bertz CT molecular complexity index is 360. The molecule has 116 valence electrons. The van der Waals surface area contributed by atoms with Gasteiger partial charge in [0, 0.05) is 20.6 Å². The van der Waals surface area contributed by atoms with Gasteiger partial charge in [0.25, 0.3) is 0 Å². The van der Waals surface area contributed by atoms with Crippen LogP contribution in [0.5, 0.6) is 0 Å². The highest BCUT2D eigenvalue weighted by atomic mass is 19.4. The van der Waals surface area contributed by atoms with Crippen molar-refractivity contribution in [3.05, 3.63) is 0 Å². The second-order valence-electron chi connectivity index (χ2n) is 4.56. The van der Waals surface area contributed by atoms with Crippen LogP contribution in [-0.2, 0) is 19.1 Å². The number of carbonyl (C=O) groups is 2. The van der Waals surface area contributed by atoms with E-state index in [1.54, 1.807) is 14.1 Å². The first-order valence-corrected chi connectivity index (χ1v) is 6.02. The van der Waals surface area contributed by atoms with Gasteiger partial charge in [-0.05, 0) is 6.42 Å². The summed E-state index contributed by atoms with van der Waals surface area (Å²) < 4.78 is 44.7. The molecule has 6 nitrogen and oxygen atoms in total. The molecule has 1 N–H and O–H groups in total. The fourth-order valence-electron chi connectivity index (χ4n) is 1.76. The van der Waals surface area contributed by atoms with Crippen LogP contribution in [0.4, 0.5) is 13.2 Å². The van der Waals surface area contributed by atoms with Crippen LogP contribution in [0.3, 0.4) is 0 Å². The fraction of sp³-hybridized carbons (Fsp3) is 0.818. The maximum atomic E-state index is 11.8. The molecular formula is C11H17F3N2O4. The molecule has 2 atom stereocenters. The quantitative estimate of drug-likeness (QED) is 0.568. The van der Waals surface area contributed by atoms with Crippen LogP contribution in [0.2, 0.25) is 0 Å². The summed E-state index contributed by atoms with van der Waals surface area (Å²) in [5, 5.41) is 2.96. The normalized spacial score (nSPS) is 22.6. The molecule has 0 aromatic carbocycles. The molecule has 1 aliphatic heterocycles. The first-order valence-electron chi connectivity index (χ1n) is 6.02. The van der Waals surface area contributed by atoms with Crippen LogP contribution in [0.25, 0.3) is 0 Å². The zero-order chi connectivity index (χ0) is 15.3. The van der Waals surface area contributed by atoms with Crippen molar-refractivity contribution in [1.29, 1.82) is 0 Å². The number of alkyl halides is 3. The van der Waals surface area contributed by atoms with E-state index < -0.39 is 18.8 Å². The maximum Gasteiger partial charge on any atom is 0.490 e. The molecule has 20 heavy (non-hydrogen) atoms. The number of nitrogens with zero attached hydrogens (tertiary/aromatic N) is 1. The molecule has 1 heterocycles. The Morgan fingerprint density at radius 2 is 1.95 bits per heavy atom. The number of halogens is 3. The summed E-state index contributed by atoms with van der Waals surface area (Å²) in [4.78, 5) is 23.5. The molecule has 0 unspecified atom stereocenters. The van der Waals surface area contributed by atoms with Gasteiger partial charge in [0.2, 0.25) is 5.91 Å². The van der Waals surface area contributed by atoms with E-state index in [0.29, 0.717) is 13.0 Å². The Labute approximate surface area is 114 Å². The number of hydrogen-bond acceptors (Lipinski definition) is 5. The smallest absolute Gasteiger partial charge is 0.457 e. The van der Waals surface area contributed by atoms with E-state index in [0.717, 1.165) is 0 Å². The van der Waals surface area contributed by atoms with Gasteiger partial charge in [0.15, 0.2) is 0 Å². The standard InChI is InChI=1S/C11H17F3N2O4/c1-16(2)9(17)8-5-7(6-15-8)19-3-4-20-10(18)11(12,13)14/h7-8,15H,3-6H2,1-2H3/t7-,8+/m1/s1. The number of rotatable bonds is 5. The molecule has 0 spiro atoms. The topological polar surface area (TPSA) is 67.9 Å². The molecule has 0 aromatic rings. The van der Waals surface area contributed by atoms with Gasteiger partial charge in [0.05, 0.1) is 18.8 Å². The van der Waals surface area contributed by atoms with E-state index in [4.69, 9.17) is 4.74 Å². The number of likely N-dealkylation sites (N-methyl/N-ethyl adjacent to an activating group) is 1. The third-order valence-corrected chi connectivity index (χ3v) is 2.73. The predicted octanol–water partition coefficient (Wildman–Crippen LogP) is -0.0728. The Morgan fingerprint density at radius 1 is 1.30 bits per heavy atom. The lowest BCUT2D eigenvalue weighted by Crippen LogP contribution is -2.39. The van der Waals surface area contributed by atoms with Crippen LogP contribution in [-0.4, -0.2) is 69.0 Å². The Kier molecular flexibility index (Phi) is 5.75. The zero-order valence-electron chi connectivity index (χ0n) is 11.2. The number of nitrogens with one attached hydrogen (secondary N) is 1. The summed E-state index contributed by atoms with van der Waals surface area (Å²) in [5.74, 6) is -2.31. The van der Waals surface area contributed by atoms with Gasteiger partial charge >= 0.3 is 12.1 Å². The monoisotopic (exact) mass is 298 g/mol. The first kappa shape index (κ1) is 16.7. The molecule has 0 aromatic heterocycles. The van der Waals surface area contributed by atoms with Gasteiger partial charge in [-0.1, -0.05) is 0 Å². The van der Waals surface area contributed by atoms with Crippen molar-refractivity contribution in [1.82, 2.24) is 10.2 Å². The van der Waals surface area contributed by atoms with Crippen LogP contribution in [0, 0.1) is 0 Å². The summed E-state index contributed by atoms with van der Waals surface area (Å²) in [6, 6.07) is -0.354. The summed E-state index contributed by atoms with van der Waals surface area (Å²) in [6.45, 7) is -0.185. The van der Waals surface area contributed by atoms with Gasteiger partial charge in [-0.25, -0.2) is 4.79 Å². The van der Waals surface area contributed by atoms with Gasteiger partial charge in [-0.2, -0.15) is 13.2 Å². The van der Waals surface area contributed by atoms with Crippen molar-refractivity contribution in [2.75, 3.05) is 33.9 Å². The molecule has 0 saturated carbocycles. The maximum absolute atomic E-state index is 11.8. The number of amides is 1. The van der Waals surface area contributed by atoms with E-state index in [-0.39, 0.29) is 24.7 Å². The highest BCUT2D eigenvalue weighted by Crippen LogP contribution is 2.16. The minimum Gasteiger partial charge on any atom is -0.457 e. The van der Waals surface area contributed by atoms with E-state index in [1.165, 1.54) is 4.90 Å². The molecule has 1 fully saturated rings. The largest absolute Gasteiger partial charge is 0.490 e. The van der Waals surface area contributed by atoms with Crippen molar-refractivity contribution >= 4 is 11.9 Å². The summed E-state index contributed by atoms with van der Waals surface area (Å²) >= 11 is 0. The second kappa shape index (κ2) is 6.89. The highest BCUT2D eigenvalue weighted by Gasteiger charge is 2.40. The molecular weight excluding hydrogens is 281 g/mol. The van der Waals surface area contributed by atoms with E-state index in [1.807, 2.05) is 0 Å². The fourth-order valence-corrected chi connectivity index (χ4v) is 1.76. The van der Waals surface area contributed by atoms with Crippen molar-refractivity contribution in [3.63, 3.8) is 0 Å². The Morgan fingerprint density at radius 3 is 2.50 bits per heavy atom. The first-order chi connectivity index (χ1) is 9.21.